The van der Waals surface area contributed by atoms with Gasteiger partial charge in [-0.05, 0) is 37.5 Å². The molecule has 0 saturated heterocycles. The number of carbonyl (C=O) groups excluding carboxylic acids is 1. The second-order valence-corrected chi connectivity index (χ2v) is 5.32. The fraction of sp³-hybridized carbons (Fsp3) is 0.533. The summed E-state index contributed by atoms with van der Waals surface area (Å²) in [5.41, 5.74) is 1.02. The van der Waals surface area contributed by atoms with E-state index in [0.29, 0.717) is 24.1 Å². The van der Waals surface area contributed by atoms with E-state index < -0.39 is 18.1 Å². The second kappa shape index (κ2) is 6.37. The van der Waals surface area contributed by atoms with Crippen molar-refractivity contribution < 1.29 is 22.7 Å². The Morgan fingerprint density at radius 3 is 2.76 bits per heavy atom. The molecule has 6 heteroatoms. The van der Waals surface area contributed by atoms with Crippen molar-refractivity contribution in [1.82, 2.24) is 0 Å². The van der Waals surface area contributed by atoms with Crippen LogP contribution in [0.2, 0.25) is 0 Å². The topological polar surface area (TPSA) is 38.3 Å². The van der Waals surface area contributed by atoms with Crippen molar-refractivity contribution >= 4 is 11.7 Å². The molecule has 1 N–H and O–H groups in total. The van der Waals surface area contributed by atoms with Crippen LogP contribution in [0.5, 0.6) is 0 Å². The first kappa shape index (κ1) is 15.7. The van der Waals surface area contributed by atoms with E-state index in [4.69, 9.17) is 0 Å². The molecule has 0 bridgehead atoms. The highest BCUT2D eigenvalue weighted by Gasteiger charge is 2.42. The largest absolute Gasteiger partial charge is 0.465 e. The van der Waals surface area contributed by atoms with Crippen LogP contribution in [0.1, 0.15) is 36.0 Å². The summed E-state index contributed by atoms with van der Waals surface area (Å²) in [5, 5.41) is 3.09. The maximum Gasteiger partial charge on any atom is 0.391 e. The van der Waals surface area contributed by atoms with Crippen molar-refractivity contribution in [3.05, 3.63) is 29.8 Å². The van der Waals surface area contributed by atoms with Gasteiger partial charge in [0, 0.05) is 11.7 Å². The fourth-order valence-electron chi connectivity index (χ4n) is 2.71. The van der Waals surface area contributed by atoms with Gasteiger partial charge in [-0.25, -0.2) is 4.79 Å². The zero-order valence-electron chi connectivity index (χ0n) is 11.7. The number of ether oxygens (including phenoxy) is 1. The summed E-state index contributed by atoms with van der Waals surface area (Å²) in [6.07, 6.45) is -2.60. The van der Waals surface area contributed by atoms with Crippen LogP contribution in [0.4, 0.5) is 18.9 Å². The zero-order valence-corrected chi connectivity index (χ0v) is 11.7. The van der Waals surface area contributed by atoms with E-state index >= 15 is 0 Å². The number of benzene rings is 1. The average molecular weight is 301 g/mol. The van der Waals surface area contributed by atoms with Crippen molar-refractivity contribution in [2.45, 2.75) is 37.9 Å². The highest BCUT2D eigenvalue weighted by atomic mass is 19.4. The summed E-state index contributed by atoms with van der Waals surface area (Å²) in [5.74, 6) is -1.71. The van der Waals surface area contributed by atoms with Crippen LogP contribution in [0, 0.1) is 5.92 Å². The molecule has 0 aromatic heterocycles. The SMILES string of the molecule is COC(=O)c1cccc(NC2CCCC(C(F)(F)F)C2)c1. The predicted molar refractivity (Wildman–Crippen MR) is 73.2 cm³/mol. The van der Waals surface area contributed by atoms with E-state index in [1.54, 1.807) is 24.3 Å². The van der Waals surface area contributed by atoms with Gasteiger partial charge >= 0.3 is 12.1 Å². The quantitative estimate of drug-likeness (QED) is 0.857. The van der Waals surface area contributed by atoms with Gasteiger partial charge in [-0.1, -0.05) is 12.5 Å². The molecule has 116 valence electrons. The number of alkyl halides is 3. The lowest BCUT2D eigenvalue weighted by Crippen LogP contribution is -2.34. The Bertz CT molecular complexity index is 502. The zero-order chi connectivity index (χ0) is 15.5. The van der Waals surface area contributed by atoms with Gasteiger partial charge in [0.25, 0.3) is 0 Å². The normalized spacial score (nSPS) is 22.7. The lowest BCUT2D eigenvalue weighted by molar-refractivity contribution is -0.182. The van der Waals surface area contributed by atoms with E-state index in [1.165, 1.54) is 7.11 Å². The number of rotatable bonds is 3. The third-order valence-electron chi connectivity index (χ3n) is 3.79. The molecule has 0 radical (unpaired) electrons. The Balaban J connectivity index is 2.03. The maximum absolute atomic E-state index is 12.8. The number of hydrogen-bond acceptors (Lipinski definition) is 3. The molecular formula is C15H18F3NO2. The van der Waals surface area contributed by atoms with Gasteiger partial charge in [0.05, 0.1) is 18.6 Å². The number of halogens is 3. The molecule has 0 spiro atoms. The Morgan fingerprint density at radius 2 is 2.10 bits per heavy atom. The molecule has 1 saturated carbocycles. The van der Waals surface area contributed by atoms with Crippen molar-refractivity contribution in [3.8, 4) is 0 Å². The van der Waals surface area contributed by atoms with E-state index in [9.17, 15) is 18.0 Å². The van der Waals surface area contributed by atoms with Gasteiger partial charge in [-0.15, -0.1) is 0 Å². The number of hydrogen-bond donors (Lipinski definition) is 1. The average Bonchev–Trinajstić information content (AvgIpc) is 2.46. The van der Waals surface area contributed by atoms with Crippen molar-refractivity contribution in [2.75, 3.05) is 12.4 Å². The van der Waals surface area contributed by atoms with Crippen LogP contribution in [-0.4, -0.2) is 25.3 Å². The number of carbonyl (C=O) groups is 1. The molecule has 0 heterocycles. The van der Waals surface area contributed by atoms with Gasteiger partial charge in [-0.3, -0.25) is 0 Å². The molecule has 0 aliphatic heterocycles. The van der Waals surface area contributed by atoms with Gasteiger partial charge < -0.3 is 10.1 Å². The summed E-state index contributed by atoms with van der Waals surface area (Å²) in [7, 11) is 1.29. The van der Waals surface area contributed by atoms with Crippen molar-refractivity contribution in [3.63, 3.8) is 0 Å². The van der Waals surface area contributed by atoms with Crippen molar-refractivity contribution in [1.29, 1.82) is 0 Å². The minimum atomic E-state index is -4.13. The third kappa shape index (κ3) is 4.12. The molecule has 1 aliphatic rings. The molecule has 2 atom stereocenters. The molecule has 1 aliphatic carbocycles. The highest BCUT2D eigenvalue weighted by molar-refractivity contribution is 5.90. The monoisotopic (exact) mass is 301 g/mol. The second-order valence-electron chi connectivity index (χ2n) is 5.32. The third-order valence-corrected chi connectivity index (χ3v) is 3.79. The van der Waals surface area contributed by atoms with E-state index in [2.05, 4.69) is 10.1 Å². The van der Waals surface area contributed by atoms with E-state index in [-0.39, 0.29) is 18.9 Å². The molecule has 21 heavy (non-hydrogen) atoms. The van der Waals surface area contributed by atoms with Crippen LogP contribution in [0.25, 0.3) is 0 Å². The van der Waals surface area contributed by atoms with E-state index in [0.717, 1.165) is 0 Å². The molecule has 1 aromatic carbocycles. The van der Waals surface area contributed by atoms with E-state index in [1.807, 2.05) is 0 Å². The van der Waals surface area contributed by atoms with Crippen LogP contribution in [-0.2, 0) is 4.74 Å². The Labute approximate surface area is 121 Å². The van der Waals surface area contributed by atoms with Gasteiger partial charge in [0.1, 0.15) is 0 Å². The minimum Gasteiger partial charge on any atom is -0.465 e. The van der Waals surface area contributed by atoms with Crippen LogP contribution < -0.4 is 5.32 Å². The first-order chi connectivity index (χ1) is 9.90. The number of anilines is 1. The highest BCUT2D eigenvalue weighted by Crippen LogP contribution is 2.38. The lowest BCUT2D eigenvalue weighted by Gasteiger charge is -2.31. The number of methoxy groups -OCH3 is 1. The first-order valence-electron chi connectivity index (χ1n) is 6.92. The molecule has 0 amide bonds. The van der Waals surface area contributed by atoms with Gasteiger partial charge in [-0.2, -0.15) is 13.2 Å². The van der Waals surface area contributed by atoms with Crippen LogP contribution >= 0.6 is 0 Å². The molecule has 1 fully saturated rings. The van der Waals surface area contributed by atoms with Gasteiger partial charge in [0.2, 0.25) is 0 Å². The number of nitrogens with one attached hydrogen (secondary N) is 1. The molecule has 2 unspecified atom stereocenters. The molecule has 2 rings (SSSR count). The Hall–Kier alpha value is -1.72. The fourth-order valence-corrected chi connectivity index (χ4v) is 2.71. The van der Waals surface area contributed by atoms with Crippen molar-refractivity contribution in [2.24, 2.45) is 5.92 Å². The standard InChI is InChI=1S/C15H18F3NO2/c1-21-14(20)10-4-2-6-12(8-10)19-13-7-3-5-11(9-13)15(16,17)18/h2,4,6,8,11,13,19H,3,5,7,9H2,1H3. The Kier molecular flexibility index (Phi) is 4.75. The molecule has 3 nitrogen and oxygen atoms in total. The smallest absolute Gasteiger partial charge is 0.391 e. The lowest BCUT2D eigenvalue weighted by atomic mass is 9.85. The molecule has 1 aromatic rings. The summed E-state index contributed by atoms with van der Waals surface area (Å²) in [4.78, 5) is 11.4. The summed E-state index contributed by atoms with van der Waals surface area (Å²) in [6, 6.07) is 6.40. The molecular weight excluding hydrogens is 283 g/mol. The van der Waals surface area contributed by atoms with Gasteiger partial charge in [0.15, 0.2) is 0 Å². The summed E-state index contributed by atoms with van der Waals surface area (Å²) < 4.78 is 43.0. The maximum atomic E-state index is 12.8. The number of esters is 1. The summed E-state index contributed by atoms with van der Waals surface area (Å²) in [6.45, 7) is 0. The summed E-state index contributed by atoms with van der Waals surface area (Å²) >= 11 is 0. The predicted octanol–water partition coefficient (Wildman–Crippen LogP) is 4.01. The first-order valence-corrected chi connectivity index (χ1v) is 6.92. The Morgan fingerprint density at radius 1 is 1.33 bits per heavy atom. The minimum absolute atomic E-state index is 0.0753. The van der Waals surface area contributed by atoms with Crippen LogP contribution in [0.3, 0.4) is 0 Å². The van der Waals surface area contributed by atoms with Crippen LogP contribution in [0.15, 0.2) is 24.3 Å².